The van der Waals surface area contributed by atoms with Crippen molar-refractivity contribution in [2.45, 2.75) is 66.2 Å². The standard InChI is InChI=1S/C53H51N3O/c1-34(2)28-36-20-25-48(46(29-36)39-14-9-8-10-15-39)56-49-18-13-17-44(51(49)55-52(56)45-16-11-12-19-50(45)57)41-30-42(32-43(31-41)53(5,6)7)47-33-40(26-27-54-47)38-23-21-37(22-24-38)35(3)4/h8-27,29-35,57H,28H2,1-7H3/i35D. The van der Waals surface area contributed by atoms with Gasteiger partial charge in [-0.3, -0.25) is 9.55 Å². The molecule has 2 aromatic heterocycles. The summed E-state index contributed by atoms with van der Waals surface area (Å²) < 4.78 is 10.7. The molecule has 0 spiro atoms. The number of nitrogens with zero attached hydrogens (tertiary/aromatic N) is 3. The lowest BCUT2D eigenvalue weighted by atomic mass is 9.83. The van der Waals surface area contributed by atoms with E-state index in [4.69, 9.17) is 11.3 Å². The highest BCUT2D eigenvalue weighted by atomic mass is 16.3. The Morgan fingerprint density at radius 2 is 1.35 bits per heavy atom. The van der Waals surface area contributed by atoms with Crippen LogP contribution in [0.3, 0.4) is 0 Å². The largest absolute Gasteiger partial charge is 0.507 e. The highest BCUT2D eigenvalue weighted by Gasteiger charge is 2.24. The van der Waals surface area contributed by atoms with Gasteiger partial charge in [0.05, 0.1) is 28.0 Å². The summed E-state index contributed by atoms with van der Waals surface area (Å²) in [6.07, 6.45) is 2.86. The van der Waals surface area contributed by atoms with Crippen LogP contribution in [0.1, 0.15) is 72.4 Å². The molecule has 0 amide bonds. The average molecular weight is 747 g/mol. The van der Waals surface area contributed by atoms with Crippen molar-refractivity contribution in [1.29, 1.82) is 0 Å². The van der Waals surface area contributed by atoms with Crippen LogP contribution in [0, 0.1) is 5.92 Å². The van der Waals surface area contributed by atoms with Crippen LogP contribution in [-0.2, 0) is 11.8 Å². The number of rotatable bonds is 9. The van der Waals surface area contributed by atoms with Crippen molar-refractivity contribution in [3.8, 4) is 67.5 Å². The quantitative estimate of drug-likeness (QED) is 0.160. The predicted octanol–water partition coefficient (Wildman–Crippen LogP) is 14.1. The van der Waals surface area contributed by atoms with Crippen molar-refractivity contribution in [2.24, 2.45) is 5.92 Å². The monoisotopic (exact) mass is 746 g/mol. The topological polar surface area (TPSA) is 50.9 Å². The van der Waals surface area contributed by atoms with Crippen molar-refractivity contribution in [2.75, 3.05) is 0 Å². The van der Waals surface area contributed by atoms with Crippen molar-refractivity contribution in [3.63, 3.8) is 0 Å². The van der Waals surface area contributed by atoms with Gasteiger partial charge in [0.2, 0.25) is 0 Å². The molecule has 0 atom stereocenters. The minimum Gasteiger partial charge on any atom is -0.507 e. The molecule has 0 bridgehead atoms. The molecule has 1 N–H and O–H groups in total. The van der Waals surface area contributed by atoms with Crippen LogP contribution in [0.2, 0.25) is 0 Å². The molecular formula is C53H51N3O. The SMILES string of the molecule is [2H]C(C)(C)c1ccc(-c2ccnc(-c3cc(-c4cccc5c4nc(-c4ccccc4O)n5-c4ccc(CC(C)C)cc4-c4ccccc4)cc(C(C)(C)C)c3)c2)cc1. The first-order valence-corrected chi connectivity index (χ1v) is 20.0. The predicted molar refractivity (Wildman–Crippen MR) is 239 cm³/mol. The normalized spacial score (nSPS) is 12.3. The number of benzene rings is 6. The number of fused-ring (bicyclic) bond motifs is 1. The Morgan fingerprint density at radius 3 is 2.07 bits per heavy atom. The molecule has 0 aliphatic rings. The molecule has 57 heavy (non-hydrogen) atoms. The van der Waals surface area contributed by atoms with E-state index in [1.165, 1.54) is 11.1 Å². The third-order valence-electron chi connectivity index (χ3n) is 10.8. The van der Waals surface area contributed by atoms with E-state index < -0.39 is 5.89 Å². The summed E-state index contributed by atoms with van der Waals surface area (Å²) >= 11 is 0. The summed E-state index contributed by atoms with van der Waals surface area (Å²) in [5.74, 6) is 0.715. The van der Waals surface area contributed by atoms with Gasteiger partial charge in [-0.05, 0) is 117 Å². The van der Waals surface area contributed by atoms with Gasteiger partial charge in [-0.15, -0.1) is 0 Å². The first-order chi connectivity index (χ1) is 27.7. The van der Waals surface area contributed by atoms with E-state index in [1.807, 2.05) is 56.4 Å². The maximum Gasteiger partial charge on any atom is 0.149 e. The molecule has 0 fully saturated rings. The van der Waals surface area contributed by atoms with E-state index in [1.54, 1.807) is 6.07 Å². The van der Waals surface area contributed by atoms with Gasteiger partial charge < -0.3 is 5.11 Å². The molecule has 4 heteroatoms. The summed E-state index contributed by atoms with van der Waals surface area (Å²) in [5.41, 5.74) is 15.1. The molecular weight excluding hydrogens is 695 g/mol. The Morgan fingerprint density at radius 1 is 0.632 bits per heavy atom. The molecule has 284 valence electrons. The summed E-state index contributed by atoms with van der Waals surface area (Å²) in [4.78, 5) is 10.4. The second kappa shape index (κ2) is 15.3. The van der Waals surface area contributed by atoms with Crippen LogP contribution < -0.4 is 0 Å². The molecule has 4 nitrogen and oxygen atoms in total. The Kier molecular flexibility index (Phi) is 9.80. The average Bonchev–Trinajstić information content (AvgIpc) is 3.60. The maximum absolute atomic E-state index is 11.3. The molecule has 8 aromatic rings. The summed E-state index contributed by atoms with van der Waals surface area (Å²) in [5, 5.41) is 11.3. The number of para-hydroxylation sites is 2. The van der Waals surface area contributed by atoms with Crippen LogP contribution in [0.5, 0.6) is 5.75 Å². The Hall–Kier alpha value is -6.26. The van der Waals surface area contributed by atoms with Gasteiger partial charge in [-0.25, -0.2) is 4.98 Å². The maximum atomic E-state index is 11.3. The van der Waals surface area contributed by atoms with Gasteiger partial charge in [0.15, 0.2) is 0 Å². The number of aromatic hydroxyl groups is 1. The van der Waals surface area contributed by atoms with Gasteiger partial charge in [-0.2, -0.15) is 0 Å². The number of hydrogen-bond donors (Lipinski definition) is 1. The van der Waals surface area contributed by atoms with Gasteiger partial charge in [-0.1, -0.05) is 139 Å². The van der Waals surface area contributed by atoms with Gasteiger partial charge in [0.1, 0.15) is 11.6 Å². The van der Waals surface area contributed by atoms with Gasteiger partial charge >= 0.3 is 0 Å². The van der Waals surface area contributed by atoms with Gasteiger partial charge in [0.25, 0.3) is 0 Å². The third kappa shape index (κ3) is 7.65. The number of hydrogen-bond acceptors (Lipinski definition) is 3. The summed E-state index contributed by atoms with van der Waals surface area (Å²) in [6, 6.07) is 50.5. The van der Waals surface area contributed by atoms with Crippen molar-refractivity contribution < 1.29 is 6.48 Å². The number of pyridine rings is 1. The van der Waals surface area contributed by atoms with E-state index >= 15 is 0 Å². The first kappa shape index (κ1) is 36.4. The number of phenolic OH excluding ortho intramolecular Hbond substituents is 1. The second-order valence-electron chi connectivity index (χ2n) is 16.8. The number of imidazole rings is 1. The van der Waals surface area contributed by atoms with Crippen molar-refractivity contribution >= 4 is 11.0 Å². The molecule has 0 aliphatic carbocycles. The second-order valence-corrected chi connectivity index (χ2v) is 16.8. The van der Waals surface area contributed by atoms with Crippen LogP contribution in [0.25, 0.3) is 72.7 Å². The van der Waals surface area contributed by atoms with E-state index in [-0.39, 0.29) is 11.2 Å². The lowest BCUT2D eigenvalue weighted by Gasteiger charge is -2.22. The van der Waals surface area contributed by atoms with Crippen LogP contribution >= 0.6 is 0 Å². The highest BCUT2D eigenvalue weighted by molar-refractivity contribution is 5.97. The highest BCUT2D eigenvalue weighted by Crippen LogP contribution is 2.42. The summed E-state index contributed by atoms with van der Waals surface area (Å²) in [6.45, 7) is 15.1. The summed E-state index contributed by atoms with van der Waals surface area (Å²) in [7, 11) is 0. The van der Waals surface area contributed by atoms with Crippen LogP contribution in [0.4, 0.5) is 0 Å². The van der Waals surface area contributed by atoms with Crippen LogP contribution in [0.15, 0.2) is 152 Å². The number of aromatic nitrogens is 3. The molecule has 6 aromatic carbocycles. The molecule has 0 saturated carbocycles. The van der Waals surface area contributed by atoms with Gasteiger partial charge in [0, 0.05) is 24.3 Å². The Labute approximate surface area is 339 Å². The Balaban J connectivity index is 1.34. The molecule has 2 heterocycles. The van der Waals surface area contributed by atoms with E-state index in [2.05, 4.69) is 142 Å². The molecule has 0 saturated heterocycles. The smallest absolute Gasteiger partial charge is 0.149 e. The fourth-order valence-corrected chi connectivity index (χ4v) is 7.77. The molecule has 0 unspecified atom stereocenters. The van der Waals surface area contributed by atoms with E-state index in [0.717, 1.165) is 73.3 Å². The molecule has 8 rings (SSSR count). The third-order valence-corrected chi connectivity index (χ3v) is 10.8. The fourth-order valence-electron chi connectivity index (χ4n) is 7.77. The molecule has 0 radical (unpaired) electrons. The lowest BCUT2D eigenvalue weighted by molar-refractivity contribution is 0.477. The van der Waals surface area contributed by atoms with Crippen molar-refractivity contribution in [1.82, 2.24) is 14.5 Å². The van der Waals surface area contributed by atoms with Crippen molar-refractivity contribution in [3.05, 3.63) is 168 Å². The van der Waals surface area contributed by atoms with E-state index in [9.17, 15) is 5.11 Å². The zero-order valence-electron chi connectivity index (χ0n) is 35.0. The fraction of sp³-hybridized carbons (Fsp3) is 0.208. The zero-order chi connectivity index (χ0) is 40.8. The number of phenols is 1. The zero-order valence-corrected chi connectivity index (χ0v) is 34.0. The Bertz CT molecular complexity index is 2750. The lowest BCUT2D eigenvalue weighted by Crippen LogP contribution is -2.11. The van der Waals surface area contributed by atoms with E-state index in [0.29, 0.717) is 17.3 Å². The molecule has 0 aliphatic heterocycles. The van der Waals surface area contributed by atoms with Crippen LogP contribution in [-0.4, -0.2) is 19.6 Å². The first-order valence-electron chi connectivity index (χ1n) is 20.5. The minimum absolute atomic E-state index is 0.141. The minimum atomic E-state index is -0.658.